The maximum atomic E-state index is 11.5. The first kappa shape index (κ1) is 13.5. The summed E-state index contributed by atoms with van der Waals surface area (Å²) in [5.74, 6) is 1.53. The molecule has 20 heavy (non-hydrogen) atoms. The van der Waals surface area contributed by atoms with Gasteiger partial charge in [-0.05, 0) is 24.7 Å². The molecule has 1 N–H and O–H groups in total. The lowest BCUT2D eigenvalue weighted by Gasteiger charge is -2.22. The monoisotopic (exact) mass is 279 g/mol. The lowest BCUT2D eigenvalue weighted by atomic mass is 9.94. The smallest absolute Gasteiger partial charge is 0.321 e. The van der Waals surface area contributed by atoms with E-state index in [1.807, 2.05) is 18.7 Å². The van der Waals surface area contributed by atoms with E-state index in [0.717, 1.165) is 25.8 Å². The molecule has 2 heterocycles. The number of fused-ring (bicyclic) bond motifs is 1. The van der Waals surface area contributed by atoms with Crippen LogP contribution in [-0.2, 0) is 11.3 Å². The molecule has 0 spiro atoms. The van der Waals surface area contributed by atoms with Gasteiger partial charge in [-0.1, -0.05) is 25.4 Å². The highest BCUT2D eigenvalue weighted by atomic mass is 16.5. The average Bonchev–Trinajstić information content (AvgIpc) is 3.02. The molecule has 2 fully saturated rings. The number of aromatic nitrogens is 2. The molecule has 1 saturated carbocycles. The Hall–Kier alpha value is -1.43. The molecule has 1 aromatic rings. The van der Waals surface area contributed by atoms with Crippen LogP contribution in [0.15, 0.2) is 4.52 Å². The van der Waals surface area contributed by atoms with E-state index in [1.54, 1.807) is 0 Å². The van der Waals surface area contributed by atoms with Gasteiger partial charge in [-0.3, -0.25) is 9.69 Å². The summed E-state index contributed by atoms with van der Waals surface area (Å²) in [5.41, 5.74) is 0. The largest absolute Gasteiger partial charge is 0.480 e. The number of carboxylic acid groups (broad SMARTS) is 1. The quantitative estimate of drug-likeness (QED) is 0.906. The molecule has 0 amide bonds. The van der Waals surface area contributed by atoms with Gasteiger partial charge in [0.25, 0.3) is 0 Å². The molecule has 3 rings (SSSR count). The predicted octanol–water partition coefficient (Wildman–Crippen LogP) is 1.88. The Labute approximate surface area is 118 Å². The molecular weight excluding hydrogens is 258 g/mol. The minimum atomic E-state index is -0.719. The summed E-state index contributed by atoms with van der Waals surface area (Å²) >= 11 is 0. The van der Waals surface area contributed by atoms with Gasteiger partial charge >= 0.3 is 5.97 Å². The van der Waals surface area contributed by atoms with Crippen molar-refractivity contribution >= 4 is 5.97 Å². The van der Waals surface area contributed by atoms with Crippen molar-refractivity contribution < 1.29 is 14.4 Å². The molecule has 1 aliphatic heterocycles. The minimum absolute atomic E-state index is 0.223. The van der Waals surface area contributed by atoms with Crippen LogP contribution in [0.25, 0.3) is 0 Å². The number of rotatable bonds is 4. The van der Waals surface area contributed by atoms with E-state index in [0.29, 0.717) is 30.1 Å². The number of nitrogens with zero attached hydrogens (tertiary/aromatic N) is 3. The van der Waals surface area contributed by atoms with Gasteiger partial charge < -0.3 is 9.63 Å². The van der Waals surface area contributed by atoms with Crippen molar-refractivity contribution in [2.45, 2.75) is 51.6 Å². The summed E-state index contributed by atoms with van der Waals surface area (Å²) in [6.07, 6.45) is 3.33. The van der Waals surface area contributed by atoms with Crippen molar-refractivity contribution in [1.82, 2.24) is 15.0 Å². The zero-order chi connectivity index (χ0) is 14.3. The van der Waals surface area contributed by atoms with Crippen LogP contribution >= 0.6 is 0 Å². The first-order chi connectivity index (χ1) is 9.56. The van der Waals surface area contributed by atoms with Gasteiger partial charge in [0.05, 0.1) is 6.54 Å². The van der Waals surface area contributed by atoms with Crippen LogP contribution in [0.2, 0.25) is 0 Å². The van der Waals surface area contributed by atoms with Crippen LogP contribution in [0, 0.1) is 11.8 Å². The maximum Gasteiger partial charge on any atom is 0.321 e. The fourth-order valence-electron chi connectivity index (χ4n) is 3.64. The van der Waals surface area contributed by atoms with E-state index in [9.17, 15) is 9.90 Å². The molecule has 0 bridgehead atoms. The van der Waals surface area contributed by atoms with E-state index in [1.165, 1.54) is 0 Å². The standard InChI is InChI=1S/C14H21N3O3/c1-8(2)13-15-11(20-16-13)7-17-6-9-4-3-5-10(9)12(17)14(18)19/h8-10,12H,3-7H2,1-2H3,(H,18,19). The van der Waals surface area contributed by atoms with Crippen molar-refractivity contribution in [3.63, 3.8) is 0 Å². The van der Waals surface area contributed by atoms with Gasteiger partial charge in [0.15, 0.2) is 5.82 Å². The van der Waals surface area contributed by atoms with E-state index >= 15 is 0 Å². The highest BCUT2D eigenvalue weighted by molar-refractivity contribution is 5.74. The van der Waals surface area contributed by atoms with E-state index in [-0.39, 0.29) is 5.92 Å². The SMILES string of the molecule is CC(C)c1noc(CN2CC3CCCC3C2C(=O)O)n1. The molecule has 2 aliphatic rings. The zero-order valence-electron chi connectivity index (χ0n) is 12.0. The Morgan fingerprint density at radius 1 is 1.50 bits per heavy atom. The normalized spacial score (nSPS) is 30.1. The molecule has 6 nitrogen and oxygen atoms in total. The van der Waals surface area contributed by atoms with Crippen LogP contribution in [0.4, 0.5) is 0 Å². The summed E-state index contributed by atoms with van der Waals surface area (Å²) in [6.45, 7) is 5.30. The van der Waals surface area contributed by atoms with Crippen molar-refractivity contribution in [2.75, 3.05) is 6.54 Å². The van der Waals surface area contributed by atoms with E-state index in [2.05, 4.69) is 10.1 Å². The molecular formula is C14H21N3O3. The fraction of sp³-hybridized carbons (Fsp3) is 0.786. The van der Waals surface area contributed by atoms with Crippen molar-refractivity contribution in [2.24, 2.45) is 11.8 Å². The third kappa shape index (κ3) is 2.32. The van der Waals surface area contributed by atoms with Gasteiger partial charge in [0, 0.05) is 12.5 Å². The van der Waals surface area contributed by atoms with E-state index < -0.39 is 12.0 Å². The van der Waals surface area contributed by atoms with Gasteiger partial charge in [-0.15, -0.1) is 0 Å². The van der Waals surface area contributed by atoms with Gasteiger partial charge in [-0.2, -0.15) is 4.98 Å². The van der Waals surface area contributed by atoms with Crippen molar-refractivity contribution in [1.29, 1.82) is 0 Å². The molecule has 1 aliphatic carbocycles. The van der Waals surface area contributed by atoms with Crippen LogP contribution in [0.3, 0.4) is 0 Å². The zero-order valence-corrected chi connectivity index (χ0v) is 12.0. The highest BCUT2D eigenvalue weighted by Crippen LogP contribution is 2.42. The van der Waals surface area contributed by atoms with E-state index in [4.69, 9.17) is 4.52 Å². The summed E-state index contributed by atoms with van der Waals surface area (Å²) < 4.78 is 5.24. The third-order valence-corrected chi connectivity index (χ3v) is 4.58. The first-order valence-electron chi connectivity index (χ1n) is 7.35. The van der Waals surface area contributed by atoms with Crippen molar-refractivity contribution in [3.8, 4) is 0 Å². The maximum absolute atomic E-state index is 11.5. The van der Waals surface area contributed by atoms with Crippen LogP contribution in [0.1, 0.15) is 50.7 Å². The van der Waals surface area contributed by atoms with Gasteiger partial charge in [0.1, 0.15) is 6.04 Å². The Bertz CT molecular complexity index is 500. The number of carboxylic acids is 1. The number of hydrogen-bond donors (Lipinski definition) is 1. The van der Waals surface area contributed by atoms with Crippen LogP contribution < -0.4 is 0 Å². The third-order valence-electron chi connectivity index (χ3n) is 4.58. The lowest BCUT2D eigenvalue weighted by Crippen LogP contribution is -2.39. The Morgan fingerprint density at radius 2 is 2.30 bits per heavy atom. The number of aliphatic carboxylic acids is 1. The van der Waals surface area contributed by atoms with Crippen LogP contribution in [0.5, 0.6) is 0 Å². The predicted molar refractivity (Wildman–Crippen MR) is 71.1 cm³/mol. The highest BCUT2D eigenvalue weighted by Gasteiger charge is 2.47. The first-order valence-corrected chi connectivity index (χ1v) is 7.35. The molecule has 3 unspecified atom stereocenters. The van der Waals surface area contributed by atoms with Crippen LogP contribution in [-0.4, -0.2) is 38.7 Å². The topological polar surface area (TPSA) is 79.5 Å². The second kappa shape index (κ2) is 5.16. The summed E-state index contributed by atoms with van der Waals surface area (Å²) in [6, 6.07) is -0.392. The lowest BCUT2D eigenvalue weighted by molar-refractivity contribution is -0.143. The Kier molecular flexibility index (Phi) is 3.50. The second-order valence-electron chi connectivity index (χ2n) is 6.27. The number of carbonyl (C=O) groups is 1. The molecule has 1 aromatic heterocycles. The summed E-state index contributed by atoms with van der Waals surface area (Å²) in [7, 11) is 0. The van der Waals surface area contributed by atoms with Gasteiger partial charge in [0.2, 0.25) is 5.89 Å². The number of hydrogen-bond acceptors (Lipinski definition) is 5. The second-order valence-corrected chi connectivity index (χ2v) is 6.27. The Balaban J connectivity index is 1.74. The molecule has 3 atom stereocenters. The fourth-order valence-corrected chi connectivity index (χ4v) is 3.64. The summed E-state index contributed by atoms with van der Waals surface area (Å²) in [5, 5.41) is 13.4. The van der Waals surface area contributed by atoms with Crippen molar-refractivity contribution in [3.05, 3.63) is 11.7 Å². The Morgan fingerprint density at radius 3 is 2.95 bits per heavy atom. The van der Waals surface area contributed by atoms with Gasteiger partial charge in [-0.25, -0.2) is 0 Å². The molecule has 0 radical (unpaired) electrons. The molecule has 1 saturated heterocycles. The molecule has 110 valence electrons. The minimum Gasteiger partial charge on any atom is -0.480 e. The molecule has 6 heteroatoms. The molecule has 0 aromatic carbocycles. The number of likely N-dealkylation sites (tertiary alicyclic amines) is 1. The average molecular weight is 279 g/mol. The summed E-state index contributed by atoms with van der Waals surface area (Å²) in [4.78, 5) is 17.9.